The molecular formula is C18H22N4O4S. The summed E-state index contributed by atoms with van der Waals surface area (Å²) in [6.45, 7) is 2.67. The Bertz CT molecular complexity index is 817. The second-order valence-corrected chi connectivity index (χ2v) is 7.58. The summed E-state index contributed by atoms with van der Waals surface area (Å²) in [6, 6.07) is 5.24. The van der Waals surface area contributed by atoms with Crippen LogP contribution in [-0.2, 0) is 9.59 Å². The number of amides is 3. The minimum atomic E-state index is -0.346. The van der Waals surface area contributed by atoms with E-state index in [-0.39, 0.29) is 30.2 Å². The van der Waals surface area contributed by atoms with Gasteiger partial charge < -0.3 is 19.6 Å². The van der Waals surface area contributed by atoms with Crippen LogP contribution >= 0.6 is 11.3 Å². The zero-order valence-corrected chi connectivity index (χ0v) is 16.1. The number of aryl methyl sites for hydroxylation is 1. The van der Waals surface area contributed by atoms with Gasteiger partial charge in [-0.05, 0) is 31.2 Å². The number of hydrogen-bond donors (Lipinski definition) is 1. The molecule has 0 spiro atoms. The zero-order chi connectivity index (χ0) is 19.4. The molecule has 0 bridgehead atoms. The summed E-state index contributed by atoms with van der Waals surface area (Å²) in [4.78, 5) is 41.1. The third-order valence-electron chi connectivity index (χ3n) is 4.44. The van der Waals surface area contributed by atoms with Crippen LogP contribution in [0.5, 0.6) is 0 Å². The van der Waals surface area contributed by atoms with E-state index >= 15 is 0 Å². The summed E-state index contributed by atoms with van der Waals surface area (Å²) in [5.74, 6) is 0.0990. The number of carbonyl (C=O) groups is 3. The SMILES string of the molecule is Cc1cc(NC(=O)CN(C)C(=O)C2CCCN(C(=O)c3cccs3)C2)no1. The number of likely N-dealkylation sites (N-methyl/N-ethyl adjacent to an activating group) is 1. The quantitative estimate of drug-likeness (QED) is 0.842. The molecule has 2 aromatic heterocycles. The van der Waals surface area contributed by atoms with Crippen molar-refractivity contribution in [3.05, 3.63) is 34.2 Å². The lowest BCUT2D eigenvalue weighted by atomic mass is 9.96. The van der Waals surface area contributed by atoms with Crippen LogP contribution < -0.4 is 5.32 Å². The highest BCUT2D eigenvalue weighted by molar-refractivity contribution is 7.12. The van der Waals surface area contributed by atoms with E-state index in [2.05, 4.69) is 10.5 Å². The predicted molar refractivity (Wildman–Crippen MR) is 100 cm³/mol. The van der Waals surface area contributed by atoms with E-state index < -0.39 is 0 Å². The van der Waals surface area contributed by atoms with Crippen LogP contribution in [0.4, 0.5) is 5.82 Å². The fourth-order valence-electron chi connectivity index (χ4n) is 3.13. The molecule has 0 aromatic carbocycles. The molecule has 0 aliphatic carbocycles. The van der Waals surface area contributed by atoms with Crippen LogP contribution in [0.1, 0.15) is 28.3 Å². The van der Waals surface area contributed by atoms with Gasteiger partial charge in [-0.3, -0.25) is 14.4 Å². The molecule has 27 heavy (non-hydrogen) atoms. The maximum atomic E-state index is 12.7. The molecule has 1 atom stereocenters. The molecule has 9 heteroatoms. The van der Waals surface area contributed by atoms with Gasteiger partial charge >= 0.3 is 0 Å². The molecule has 0 saturated carbocycles. The lowest BCUT2D eigenvalue weighted by Crippen LogP contribution is -2.47. The lowest BCUT2D eigenvalue weighted by molar-refractivity contribution is -0.138. The molecule has 1 fully saturated rings. The summed E-state index contributed by atoms with van der Waals surface area (Å²) < 4.78 is 4.90. The second kappa shape index (κ2) is 8.34. The summed E-state index contributed by atoms with van der Waals surface area (Å²) in [7, 11) is 1.59. The van der Waals surface area contributed by atoms with Gasteiger partial charge in [-0.2, -0.15) is 0 Å². The molecule has 3 heterocycles. The van der Waals surface area contributed by atoms with Crippen molar-refractivity contribution >= 4 is 34.9 Å². The van der Waals surface area contributed by atoms with Crippen molar-refractivity contribution in [1.29, 1.82) is 0 Å². The standard InChI is InChI=1S/C18H22N4O4S/c1-12-9-15(20-26-12)19-16(23)11-21(2)17(24)13-5-3-7-22(10-13)18(25)14-6-4-8-27-14/h4,6,8-9,13H,3,5,7,10-11H2,1-2H3,(H,19,20,23). The van der Waals surface area contributed by atoms with E-state index in [1.165, 1.54) is 16.2 Å². The number of rotatable bonds is 5. The molecule has 3 amide bonds. The number of piperidine rings is 1. The third kappa shape index (κ3) is 4.73. The number of nitrogens with one attached hydrogen (secondary N) is 1. The smallest absolute Gasteiger partial charge is 0.263 e. The maximum absolute atomic E-state index is 12.7. The number of nitrogens with zero attached hydrogens (tertiary/aromatic N) is 3. The van der Waals surface area contributed by atoms with Gasteiger partial charge in [0, 0.05) is 26.2 Å². The van der Waals surface area contributed by atoms with Gasteiger partial charge in [0.2, 0.25) is 11.8 Å². The minimum absolute atomic E-state index is 0.0377. The summed E-state index contributed by atoms with van der Waals surface area (Å²) in [5.41, 5.74) is 0. The fourth-order valence-corrected chi connectivity index (χ4v) is 3.82. The van der Waals surface area contributed by atoms with E-state index in [1.807, 2.05) is 11.4 Å². The predicted octanol–water partition coefficient (Wildman–Crippen LogP) is 1.99. The maximum Gasteiger partial charge on any atom is 0.263 e. The Hall–Kier alpha value is -2.68. The Balaban J connectivity index is 1.54. The Morgan fingerprint density at radius 3 is 2.93 bits per heavy atom. The Morgan fingerprint density at radius 1 is 1.44 bits per heavy atom. The molecule has 3 rings (SSSR count). The molecular weight excluding hydrogens is 368 g/mol. The summed E-state index contributed by atoms with van der Waals surface area (Å²) >= 11 is 1.40. The first-order chi connectivity index (χ1) is 12.9. The zero-order valence-electron chi connectivity index (χ0n) is 15.3. The first kappa shape index (κ1) is 19.1. The number of thiophene rings is 1. The Labute approximate surface area is 161 Å². The van der Waals surface area contributed by atoms with Gasteiger partial charge in [-0.15, -0.1) is 11.3 Å². The molecule has 2 aromatic rings. The first-order valence-electron chi connectivity index (χ1n) is 8.75. The van der Waals surface area contributed by atoms with Crippen molar-refractivity contribution in [3.8, 4) is 0 Å². The largest absolute Gasteiger partial charge is 0.360 e. The van der Waals surface area contributed by atoms with Crippen molar-refractivity contribution in [3.63, 3.8) is 0 Å². The normalized spacial score (nSPS) is 16.8. The topological polar surface area (TPSA) is 95.8 Å². The van der Waals surface area contributed by atoms with Gasteiger partial charge in [-0.25, -0.2) is 0 Å². The molecule has 1 saturated heterocycles. The molecule has 0 radical (unpaired) electrons. The van der Waals surface area contributed by atoms with Crippen molar-refractivity contribution in [2.45, 2.75) is 19.8 Å². The monoisotopic (exact) mass is 390 g/mol. The summed E-state index contributed by atoms with van der Waals surface area (Å²) in [5, 5.41) is 8.16. The van der Waals surface area contributed by atoms with Gasteiger partial charge in [0.05, 0.1) is 17.3 Å². The number of likely N-dealkylation sites (tertiary alicyclic amines) is 1. The number of carbonyl (C=O) groups excluding carboxylic acids is 3. The van der Waals surface area contributed by atoms with Gasteiger partial charge in [0.15, 0.2) is 5.82 Å². The van der Waals surface area contributed by atoms with Crippen LogP contribution in [-0.4, -0.2) is 59.4 Å². The van der Waals surface area contributed by atoms with Gasteiger partial charge in [0.25, 0.3) is 5.91 Å². The van der Waals surface area contributed by atoms with E-state index in [0.29, 0.717) is 36.0 Å². The average Bonchev–Trinajstić information content (AvgIpc) is 3.32. The van der Waals surface area contributed by atoms with Crippen molar-refractivity contribution in [2.24, 2.45) is 5.92 Å². The average molecular weight is 390 g/mol. The van der Waals surface area contributed by atoms with E-state index in [1.54, 1.807) is 31.0 Å². The highest BCUT2D eigenvalue weighted by Crippen LogP contribution is 2.22. The van der Waals surface area contributed by atoms with Crippen molar-refractivity contribution < 1.29 is 18.9 Å². The lowest BCUT2D eigenvalue weighted by Gasteiger charge is -2.33. The Morgan fingerprint density at radius 2 is 2.26 bits per heavy atom. The van der Waals surface area contributed by atoms with E-state index in [0.717, 1.165) is 6.42 Å². The molecule has 1 aliphatic rings. The highest BCUT2D eigenvalue weighted by atomic mass is 32.1. The molecule has 1 unspecified atom stereocenters. The van der Waals surface area contributed by atoms with Gasteiger partial charge in [0.1, 0.15) is 5.76 Å². The van der Waals surface area contributed by atoms with Gasteiger partial charge in [-0.1, -0.05) is 11.2 Å². The third-order valence-corrected chi connectivity index (χ3v) is 5.30. The van der Waals surface area contributed by atoms with Crippen LogP contribution in [0.2, 0.25) is 0 Å². The minimum Gasteiger partial charge on any atom is -0.360 e. The summed E-state index contributed by atoms with van der Waals surface area (Å²) in [6.07, 6.45) is 1.48. The fraction of sp³-hybridized carbons (Fsp3) is 0.444. The van der Waals surface area contributed by atoms with Crippen LogP contribution in [0.25, 0.3) is 0 Å². The number of aromatic nitrogens is 1. The van der Waals surface area contributed by atoms with Crippen molar-refractivity contribution in [1.82, 2.24) is 15.0 Å². The van der Waals surface area contributed by atoms with Crippen molar-refractivity contribution in [2.75, 3.05) is 32.0 Å². The second-order valence-electron chi connectivity index (χ2n) is 6.63. The van der Waals surface area contributed by atoms with E-state index in [9.17, 15) is 14.4 Å². The van der Waals surface area contributed by atoms with Crippen LogP contribution in [0.15, 0.2) is 28.1 Å². The molecule has 1 N–H and O–H groups in total. The van der Waals surface area contributed by atoms with E-state index in [4.69, 9.17) is 4.52 Å². The highest BCUT2D eigenvalue weighted by Gasteiger charge is 2.31. The van der Waals surface area contributed by atoms with Crippen LogP contribution in [0.3, 0.4) is 0 Å². The molecule has 1 aliphatic heterocycles. The molecule has 8 nitrogen and oxygen atoms in total. The first-order valence-corrected chi connectivity index (χ1v) is 9.63. The molecule has 144 valence electrons. The number of hydrogen-bond acceptors (Lipinski definition) is 6. The number of anilines is 1. The Kier molecular flexibility index (Phi) is 5.90. The van der Waals surface area contributed by atoms with Crippen LogP contribution in [0, 0.1) is 12.8 Å².